The van der Waals surface area contributed by atoms with Crippen LogP contribution in [-0.2, 0) is 14.4 Å². The van der Waals surface area contributed by atoms with E-state index >= 15 is 0 Å². The first kappa shape index (κ1) is 19.6. The Labute approximate surface area is 128 Å². The number of nitrogens with two attached hydrogens (primary N) is 3. The van der Waals surface area contributed by atoms with Gasteiger partial charge in [-0.1, -0.05) is 0 Å². The number of amides is 2. The molecule has 10 nitrogen and oxygen atoms in total. The standard InChI is InChI=1S/C12H24N6O4/c13-8(3-4-10(20)21)11(22)18-7-9(19)16-5-1-2-6-17-12(14)15/h8H,1-7,13H2,(H,16,19)(H,18,22)(H,20,21)(H4,14,15,17)/t8-/m0/s1. The van der Waals surface area contributed by atoms with Gasteiger partial charge in [-0.3, -0.25) is 19.4 Å². The number of hydrogen-bond donors (Lipinski definition) is 6. The van der Waals surface area contributed by atoms with Gasteiger partial charge in [0.15, 0.2) is 5.96 Å². The number of carboxylic acids is 1. The molecular weight excluding hydrogens is 292 g/mol. The molecule has 0 aliphatic rings. The van der Waals surface area contributed by atoms with Crippen LogP contribution >= 0.6 is 0 Å². The van der Waals surface area contributed by atoms with E-state index in [1.807, 2.05) is 0 Å². The SMILES string of the molecule is NC(N)=NCCCCNC(=O)CNC(=O)[C@@H](N)CCC(=O)O. The van der Waals surface area contributed by atoms with Gasteiger partial charge in [-0.25, -0.2) is 0 Å². The Balaban J connectivity index is 3.69. The van der Waals surface area contributed by atoms with Crippen LogP contribution in [0.15, 0.2) is 4.99 Å². The van der Waals surface area contributed by atoms with Crippen LogP contribution in [0.2, 0.25) is 0 Å². The number of rotatable bonds is 11. The lowest BCUT2D eigenvalue weighted by Gasteiger charge is -2.11. The molecule has 126 valence electrons. The molecule has 0 rings (SSSR count). The lowest BCUT2D eigenvalue weighted by molar-refractivity contribution is -0.137. The van der Waals surface area contributed by atoms with Crippen molar-refractivity contribution in [3.05, 3.63) is 0 Å². The van der Waals surface area contributed by atoms with E-state index < -0.39 is 17.9 Å². The summed E-state index contributed by atoms with van der Waals surface area (Å²) in [6.07, 6.45) is 1.25. The number of nitrogens with zero attached hydrogens (tertiary/aromatic N) is 1. The number of guanidine groups is 1. The van der Waals surface area contributed by atoms with Crippen molar-refractivity contribution < 1.29 is 19.5 Å². The van der Waals surface area contributed by atoms with Crippen molar-refractivity contribution >= 4 is 23.7 Å². The molecule has 9 N–H and O–H groups in total. The molecule has 1 atom stereocenters. The Kier molecular flexibility index (Phi) is 10.1. The molecular formula is C12H24N6O4. The molecule has 10 heteroatoms. The fourth-order valence-corrected chi connectivity index (χ4v) is 1.44. The van der Waals surface area contributed by atoms with E-state index in [1.165, 1.54) is 0 Å². The zero-order valence-electron chi connectivity index (χ0n) is 12.4. The zero-order chi connectivity index (χ0) is 17.0. The lowest BCUT2D eigenvalue weighted by atomic mass is 10.1. The van der Waals surface area contributed by atoms with Crippen LogP contribution < -0.4 is 27.8 Å². The van der Waals surface area contributed by atoms with Crippen LogP contribution in [0.3, 0.4) is 0 Å². The van der Waals surface area contributed by atoms with Crippen molar-refractivity contribution in [3.63, 3.8) is 0 Å². The summed E-state index contributed by atoms with van der Waals surface area (Å²) in [6.45, 7) is 0.737. The fourth-order valence-electron chi connectivity index (χ4n) is 1.44. The third kappa shape index (κ3) is 11.5. The van der Waals surface area contributed by atoms with Gasteiger partial charge >= 0.3 is 5.97 Å². The predicted molar refractivity (Wildman–Crippen MR) is 80.8 cm³/mol. The number of carboxylic acid groups (broad SMARTS) is 1. The van der Waals surface area contributed by atoms with E-state index in [0.717, 1.165) is 6.42 Å². The van der Waals surface area contributed by atoms with Crippen molar-refractivity contribution in [1.82, 2.24) is 10.6 Å². The highest BCUT2D eigenvalue weighted by molar-refractivity contribution is 5.87. The van der Waals surface area contributed by atoms with Gasteiger partial charge in [0.05, 0.1) is 12.6 Å². The molecule has 0 aromatic carbocycles. The zero-order valence-corrected chi connectivity index (χ0v) is 12.4. The minimum Gasteiger partial charge on any atom is -0.481 e. The maximum atomic E-state index is 11.5. The fraction of sp³-hybridized carbons (Fsp3) is 0.667. The molecule has 0 fully saturated rings. The molecule has 0 spiro atoms. The minimum absolute atomic E-state index is 0.0214. The Hall–Kier alpha value is -2.36. The average Bonchev–Trinajstić information content (AvgIpc) is 2.45. The number of carbonyl (C=O) groups excluding carboxylic acids is 2. The smallest absolute Gasteiger partial charge is 0.303 e. The molecule has 0 saturated heterocycles. The van der Waals surface area contributed by atoms with E-state index in [1.54, 1.807) is 0 Å². The summed E-state index contributed by atoms with van der Waals surface area (Å²) in [5.74, 6) is -1.89. The van der Waals surface area contributed by atoms with Gasteiger partial charge in [0.2, 0.25) is 11.8 Å². The molecule has 0 heterocycles. The van der Waals surface area contributed by atoms with Crippen LogP contribution in [0.5, 0.6) is 0 Å². The second-order valence-electron chi connectivity index (χ2n) is 4.62. The van der Waals surface area contributed by atoms with Crippen LogP contribution in [-0.4, -0.2) is 54.5 Å². The van der Waals surface area contributed by atoms with Crippen molar-refractivity contribution in [2.45, 2.75) is 31.7 Å². The third-order valence-electron chi connectivity index (χ3n) is 2.63. The molecule has 0 radical (unpaired) electrons. The number of aliphatic imine (C=N–C) groups is 1. The molecule has 0 bridgehead atoms. The van der Waals surface area contributed by atoms with Gasteiger partial charge < -0.3 is 32.9 Å². The number of carbonyl (C=O) groups is 3. The second kappa shape index (κ2) is 11.3. The Morgan fingerprint density at radius 3 is 2.41 bits per heavy atom. The normalized spacial score (nSPS) is 11.3. The molecule has 2 amide bonds. The van der Waals surface area contributed by atoms with Crippen molar-refractivity contribution in [1.29, 1.82) is 0 Å². The first-order valence-corrected chi connectivity index (χ1v) is 6.90. The summed E-state index contributed by atoms with van der Waals surface area (Å²) in [5, 5.41) is 13.4. The number of unbranched alkanes of at least 4 members (excludes halogenated alkanes) is 1. The van der Waals surface area contributed by atoms with Gasteiger partial charge in [0, 0.05) is 19.5 Å². The van der Waals surface area contributed by atoms with Crippen molar-refractivity contribution in [2.75, 3.05) is 19.6 Å². The maximum absolute atomic E-state index is 11.5. The topological polar surface area (TPSA) is 186 Å². The van der Waals surface area contributed by atoms with Gasteiger partial charge in [-0.15, -0.1) is 0 Å². The van der Waals surface area contributed by atoms with E-state index in [9.17, 15) is 14.4 Å². The predicted octanol–water partition coefficient (Wildman–Crippen LogP) is -2.54. The molecule has 0 unspecified atom stereocenters. The van der Waals surface area contributed by atoms with Crippen LogP contribution in [0, 0.1) is 0 Å². The number of hydrogen-bond acceptors (Lipinski definition) is 5. The quantitative estimate of drug-likeness (QED) is 0.138. The summed E-state index contributed by atoms with van der Waals surface area (Å²) >= 11 is 0. The summed E-state index contributed by atoms with van der Waals surface area (Å²) in [6, 6.07) is -0.941. The highest BCUT2D eigenvalue weighted by Gasteiger charge is 2.15. The third-order valence-corrected chi connectivity index (χ3v) is 2.63. The summed E-state index contributed by atoms with van der Waals surface area (Å²) in [5.41, 5.74) is 15.8. The largest absolute Gasteiger partial charge is 0.481 e. The average molecular weight is 316 g/mol. The van der Waals surface area contributed by atoms with Gasteiger partial charge in [0.1, 0.15) is 0 Å². The van der Waals surface area contributed by atoms with Gasteiger partial charge in [0.25, 0.3) is 0 Å². The summed E-state index contributed by atoms with van der Waals surface area (Å²) < 4.78 is 0. The highest BCUT2D eigenvalue weighted by atomic mass is 16.4. The monoisotopic (exact) mass is 316 g/mol. The first-order valence-electron chi connectivity index (χ1n) is 6.90. The lowest BCUT2D eigenvalue weighted by Crippen LogP contribution is -2.45. The van der Waals surface area contributed by atoms with E-state index in [0.29, 0.717) is 19.5 Å². The van der Waals surface area contributed by atoms with E-state index in [-0.39, 0.29) is 31.3 Å². The number of aliphatic carboxylic acids is 1. The van der Waals surface area contributed by atoms with Gasteiger partial charge in [-0.05, 0) is 19.3 Å². The Morgan fingerprint density at radius 1 is 1.14 bits per heavy atom. The minimum atomic E-state index is -1.03. The summed E-state index contributed by atoms with van der Waals surface area (Å²) in [4.78, 5) is 37.1. The van der Waals surface area contributed by atoms with Crippen LogP contribution in [0.25, 0.3) is 0 Å². The van der Waals surface area contributed by atoms with Gasteiger partial charge in [-0.2, -0.15) is 0 Å². The van der Waals surface area contributed by atoms with Crippen molar-refractivity contribution in [2.24, 2.45) is 22.2 Å². The Bertz CT molecular complexity index is 408. The maximum Gasteiger partial charge on any atom is 0.303 e. The molecule has 0 aliphatic carbocycles. The molecule has 0 aliphatic heterocycles. The van der Waals surface area contributed by atoms with Crippen molar-refractivity contribution in [3.8, 4) is 0 Å². The molecule has 0 saturated carbocycles. The number of nitrogens with one attached hydrogen (secondary N) is 2. The van der Waals surface area contributed by atoms with E-state index in [4.69, 9.17) is 22.3 Å². The first-order chi connectivity index (χ1) is 10.3. The molecule has 22 heavy (non-hydrogen) atoms. The highest BCUT2D eigenvalue weighted by Crippen LogP contribution is 1.94. The van der Waals surface area contributed by atoms with Crippen LogP contribution in [0.4, 0.5) is 0 Å². The molecule has 0 aromatic heterocycles. The second-order valence-corrected chi connectivity index (χ2v) is 4.62. The Morgan fingerprint density at radius 2 is 1.82 bits per heavy atom. The van der Waals surface area contributed by atoms with Crippen LogP contribution in [0.1, 0.15) is 25.7 Å². The van der Waals surface area contributed by atoms with E-state index in [2.05, 4.69) is 15.6 Å². The summed E-state index contributed by atoms with van der Waals surface area (Å²) in [7, 11) is 0. The molecule has 0 aromatic rings.